The quantitative estimate of drug-likeness (QED) is 0.447. The lowest BCUT2D eigenvalue weighted by Gasteiger charge is -2.35. The van der Waals surface area contributed by atoms with Gasteiger partial charge in [0.2, 0.25) is 5.91 Å². The van der Waals surface area contributed by atoms with Crippen molar-refractivity contribution in [3.8, 4) is 22.5 Å². The van der Waals surface area contributed by atoms with Gasteiger partial charge < -0.3 is 24.1 Å². The molecule has 37 heavy (non-hydrogen) atoms. The van der Waals surface area contributed by atoms with Gasteiger partial charge >= 0.3 is 6.09 Å². The molecule has 3 aromatic heterocycles. The molecular weight excluding hydrogens is 475 g/mol. The summed E-state index contributed by atoms with van der Waals surface area (Å²) in [6.45, 7) is 7.23. The molecule has 1 aliphatic rings. The summed E-state index contributed by atoms with van der Waals surface area (Å²) >= 11 is 0. The summed E-state index contributed by atoms with van der Waals surface area (Å²) in [5.74, 6) is -0.408. The van der Waals surface area contributed by atoms with Gasteiger partial charge in [-0.2, -0.15) is 0 Å². The number of imidazole rings is 1. The molecule has 4 aromatic rings. The van der Waals surface area contributed by atoms with Gasteiger partial charge in [-0.3, -0.25) is 4.79 Å². The van der Waals surface area contributed by atoms with E-state index in [9.17, 15) is 14.0 Å². The highest BCUT2D eigenvalue weighted by molar-refractivity contribution is 5.96. The van der Waals surface area contributed by atoms with Crippen molar-refractivity contribution in [1.82, 2.24) is 29.3 Å². The van der Waals surface area contributed by atoms with Gasteiger partial charge in [0.05, 0.1) is 17.7 Å². The van der Waals surface area contributed by atoms with Crippen LogP contribution in [-0.2, 0) is 16.1 Å². The lowest BCUT2D eigenvalue weighted by molar-refractivity contribution is -0.133. The van der Waals surface area contributed by atoms with Crippen molar-refractivity contribution in [3.05, 3.63) is 60.9 Å². The van der Waals surface area contributed by atoms with Crippen molar-refractivity contribution < 1.29 is 18.7 Å². The van der Waals surface area contributed by atoms with Crippen LogP contribution in [0.4, 0.5) is 9.18 Å². The van der Waals surface area contributed by atoms with Gasteiger partial charge in [0, 0.05) is 55.1 Å². The standard InChI is InChI=1S/C27H29FN6O3/c1-27(2,3)37-26(36)33-14-12-32(13-15-33)22(35)16-34-17-31-23(18-4-6-19(28)7-5-18)24(34)20-8-10-29-25-21(20)9-11-30-25/h4-11,17H,12-16H2,1-3H3,(H,29,30). The number of benzene rings is 1. The Morgan fingerprint density at radius 1 is 1.00 bits per heavy atom. The predicted molar refractivity (Wildman–Crippen MR) is 137 cm³/mol. The van der Waals surface area contributed by atoms with Crippen molar-refractivity contribution >= 4 is 23.0 Å². The second kappa shape index (κ2) is 9.68. The summed E-state index contributed by atoms with van der Waals surface area (Å²) in [4.78, 5) is 41.2. The van der Waals surface area contributed by atoms with Crippen LogP contribution in [0.25, 0.3) is 33.5 Å². The molecule has 1 saturated heterocycles. The van der Waals surface area contributed by atoms with Crippen molar-refractivity contribution in [2.75, 3.05) is 26.2 Å². The third-order valence-electron chi connectivity index (χ3n) is 6.26. The number of amides is 2. The highest BCUT2D eigenvalue weighted by Gasteiger charge is 2.28. The smallest absolute Gasteiger partial charge is 0.410 e. The highest BCUT2D eigenvalue weighted by atomic mass is 19.1. The maximum Gasteiger partial charge on any atom is 0.410 e. The summed E-state index contributed by atoms with van der Waals surface area (Å²) in [6.07, 6.45) is 4.79. The Kier molecular flexibility index (Phi) is 6.41. The van der Waals surface area contributed by atoms with Gasteiger partial charge in [-0.1, -0.05) is 0 Å². The number of hydrogen-bond acceptors (Lipinski definition) is 5. The van der Waals surface area contributed by atoms with Crippen LogP contribution in [0.2, 0.25) is 0 Å². The van der Waals surface area contributed by atoms with Crippen molar-refractivity contribution in [2.24, 2.45) is 0 Å². The number of aromatic amines is 1. The minimum atomic E-state index is -0.568. The molecule has 10 heteroatoms. The molecule has 192 valence electrons. The van der Waals surface area contributed by atoms with Crippen LogP contribution in [0.5, 0.6) is 0 Å². The molecule has 1 fully saturated rings. The van der Waals surface area contributed by atoms with E-state index in [0.29, 0.717) is 31.9 Å². The normalized spacial score (nSPS) is 14.3. The second-order valence-electron chi connectivity index (χ2n) is 10.0. The molecule has 1 N–H and O–H groups in total. The number of nitrogens with one attached hydrogen (secondary N) is 1. The Morgan fingerprint density at radius 3 is 2.41 bits per heavy atom. The first-order chi connectivity index (χ1) is 17.7. The Bertz CT molecular complexity index is 1430. The number of rotatable bonds is 4. The molecule has 4 heterocycles. The molecule has 2 amide bonds. The van der Waals surface area contributed by atoms with Crippen LogP contribution in [0.3, 0.4) is 0 Å². The molecule has 5 rings (SSSR count). The lowest BCUT2D eigenvalue weighted by atomic mass is 10.0. The third kappa shape index (κ3) is 5.18. The topological polar surface area (TPSA) is 96.3 Å². The van der Waals surface area contributed by atoms with E-state index >= 15 is 0 Å². The maximum absolute atomic E-state index is 13.6. The maximum atomic E-state index is 13.6. The van der Waals surface area contributed by atoms with Gasteiger partial charge in [0.15, 0.2) is 0 Å². The fourth-order valence-electron chi connectivity index (χ4n) is 4.48. The second-order valence-corrected chi connectivity index (χ2v) is 10.0. The van der Waals surface area contributed by atoms with Crippen molar-refractivity contribution in [3.63, 3.8) is 0 Å². The number of fused-ring (bicyclic) bond motifs is 1. The minimum absolute atomic E-state index is 0.0736. The Balaban J connectivity index is 1.40. The first-order valence-electron chi connectivity index (χ1n) is 12.2. The Labute approximate surface area is 213 Å². The molecule has 0 unspecified atom stereocenters. The fourth-order valence-corrected chi connectivity index (χ4v) is 4.48. The zero-order chi connectivity index (χ0) is 26.2. The number of piperazine rings is 1. The van der Waals surface area contributed by atoms with Crippen LogP contribution in [0.1, 0.15) is 20.8 Å². The van der Waals surface area contributed by atoms with Gasteiger partial charge in [-0.05, 0) is 57.2 Å². The van der Waals surface area contributed by atoms with Crippen LogP contribution in [-0.4, -0.2) is 73.1 Å². The van der Waals surface area contributed by atoms with Crippen LogP contribution in [0, 0.1) is 5.82 Å². The summed E-state index contributed by atoms with van der Waals surface area (Å²) in [5, 5.41) is 0.894. The van der Waals surface area contributed by atoms with Crippen LogP contribution >= 0.6 is 0 Å². The number of nitrogens with zero attached hydrogens (tertiary/aromatic N) is 5. The van der Waals surface area contributed by atoms with E-state index in [2.05, 4.69) is 15.0 Å². The average molecular weight is 505 g/mol. The number of pyridine rings is 1. The molecule has 9 nitrogen and oxygen atoms in total. The van der Waals surface area contributed by atoms with Gasteiger partial charge in [0.25, 0.3) is 0 Å². The monoisotopic (exact) mass is 504 g/mol. The number of carbonyl (C=O) groups excluding carboxylic acids is 2. The number of halogens is 1. The zero-order valence-electron chi connectivity index (χ0n) is 21.1. The third-order valence-corrected chi connectivity index (χ3v) is 6.26. The first-order valence-corrected chi connectivity index (χ1v) is 12.2. The van der Waals surface area contributed by atoms with Crippen LogP contribution in [0.15, 0.2) is 55.1 Å². The molecule has 1 aliphatic heterocycles. The first kappa shape index (κ1) is 24.5. The summed E-state index contributed by atoms with van der Waals surface area (Å²) in [6, 6.07) is 9.97. The lowest BCUT2D eigenvalue weighted by Crippen LogP contribution is -2.52. The molecule has 1 aromatic carbocycles. The van der Waals surface area contributed by atoms with Gasteiger partial charge in [-0.15, -0.1) is 0 Å². The fraction of sp³-hybridized carbons (Fsp3) is 0.333. The Morgan fingerprint density at radius 2 is 1.70 bits per heavy atom. The summed E-state index contributed by atoms with van der Waals surface area (Å²) in [5.41, 5.74) is 3.16. The van der Waals surface area contributed by atoms with E-state index in [-0.39, 0.29) is 24.4 Å². The van der Waals surface area contributed by atoms with E-state index < -0.39 is 5.60 Å². The molecule has 0 spiro atoms. The molecule has 0 atom stereocenters. The molecule has 0 saturated carbocycles. The highest BCUT2D eigenvalue weighted by Crippen LogP contribution is 2.35. The molecular formula is C27H29FN6O3. The van der Waals surface area contributed by atoms with E-state index in [4.69, 9.17) is 4.74 Å². The minimum Gasteiger partial charge on any atom is -0.444 e. The van der Waals surface area contributed by atoms with Gasteiger partial charge in [0.1, 0.15) is 23.6 Å². The SMILES string of the molecule is CC(C)(C)OC(=O)N1CCN(C(=O)Cn2cnc(-c3ccc(F)cc3)c2-c2ccnc3[nH]ccc23)CC1. The van der Waals surface area contributed by atoms with E-state index in [1.165, 1.54) is 12.1 Å². The largest absolute Gasteiger partial charge is 0.444 e. The van der Waals surface area contributed by atoms with E-state index in [1.807, 2.05) is 43.7 Å². The van der Waals surface area contributed by atoms with Gasteiger partial charge in [-0.25, -0.2) is 19.2 Å². The van der Waals surface area contributed by atoms with E-state index in [1.54, 1.807) is 34.5 Å². The average Bonchev–Trinajstić information content (AvgIpc) is 3.51. The number of hydrogen-bond donors (Lipinski definition) is 1. The number of aromatic nitrogens is 4. The van der Waals surface area contributed by atoms with Crippen LogP contribution < -0.4 is 0 Å². The summed E-state index contributed by atoms with van der Waals surface area (Å²) in [7, 11) is 0. The van der Waals surface area contributed by atoms with E-state index in [0.717, 1.165) is 27.9 Å². The number of ether oxygens (including phenoxy) is 1. The molecule has 0 radical (unpaired) electrons. The molecule has 0 aliphatic carbocycles. The number of carbonyl (C=O) groups is 2. The molecule has 0 bridgehead atoms. The number of H-pyrrole nitrogens is 1. The Hall–Kier alpha value is -4.21. The predicted octanol–water partition coefficient (Wildman–Crippen LogP) is 4.31. The van der Waals surface area contributed by atoms with Crippen molar-refractivity contribution in [2.45, 2.75) is 32.9 Å². The zero-order valence-corrected chi connectivity index (χ0v) is 21.1. The summed E-state index contributed by atoms with van der Waals surface area (Å²) < 4.78 is 20.9. The van der Waals surface area contributed by atoms with Crippen molar-refractivity contribution in [1.29, 1.82) is 0 Å².